The second kappa shape index (κ2) is 4.94. The summed E-state index contributed by atoms with van der Waals surface area (Å²) in [6.07, 6.45) is 3.51. The standard InChI is InChI=1S/C12H15ClN4O/c1-8(2)17-5-4-16(12(17)18)7-11-14-9(3)6-10(13)15-11/h4-6,8H,7H2,1-3H3. The Kier molecular flexibility index (Phi) is 3.52. The Hall–Kier alpha value is -1.62. The Bertz CT molecular complexity index is 595. The molecule has 18 heavy (non-hydrogen) atoms. The van der Waals surface area contributed by atoms with Gasteiger partial charge in [-0.15, -0.1) is 0 Å². The number of nitrogens with zero attached hydrogens (tertiary/aromatic N) is 4. The second-order valence-corrected chi connectivity index (χ2v) is 4.85. The predicted molar refractivity (Wildman–Crippen MR) is 70.0 cm³/mol. The molecule has 0 saturated heterocycles. The van der Waals surface area contributed by atoms with E-state index in [-0.39, 0.29) is 11.7 Å². The van der Waals surface area contributed by atoms with Crippen molar-refractivity contribution in [2.24, 2.45) is 0 Å². The van der Waals surface area contributed by atoms with Crippen molar-refractivity contribution in [3.63, 3.8) is 0 Å². The van der Waals surface area contributed by atoms with E-state index in [1.165, 1.54) is 0 Å². The summed E-state index contributed by atoms with van der Waals surface area (Å²) in [7, 11) is 0. The molecule has 2 heterocycles. The molecule has 0 aromatic carbocycles. The summed E-state index contributed by atoms with van der Waals surface area (Å²) in [6.45, 7) is 6.11. The van der Waals surface area contributed by atoms with Crippen LogP contribution in [0.15, 0.2) is 23.3 Å². The van der Waals surface area contributed by atoms with Crippen LogP contribution in [0.25, 0.3) is 0 Å². The van der Waals surface area contributed by atoms with Crippen LogP contribution < -0.4 is 5.69 Å². The van der Waals surface area contributed by atoms with Crippen molar-refractivity contribution in [2.45, 2.75) is 33.4 Å². The largest absolute Gasteiger partial charge is 0.328 e. The third-order valence-electron chi connectivity index (χ3n) is 2.61. The smallest absolute Gasteiger partial charge is 0.297 e. The monoisotopic (exact) mass is 266 g/mol. The first-order valence-corrected chi connectivity index (χ1v) is 6.12. The lowest BCUT2D eigenvalue weighted by molar-refractivity contribution is 0.558. The fraction of sp³-hybridized carbons (Fsp3) is 0.417. The second-order valence-electron chi connectivity index (χ2n) is 4.46. The van der Waals surface area contributed by atoms with Gasteiger partial charge in [0, 0.05) is 24.1 Å². The minimum absolute atomic E-state index is 0.0637. The van der Waals surface area contributed by atoms with Crippen LogP contribution in [-0.2, 0) is 6.54 Å². The van der Waals surface area contributed by atoms with Crippen LogP contribution in [0.1, 0.15) is 31.4 Å². The number of imidazole rings is 1. The van der Waals surface area contributed by atoms with Crippen LogP contribution in [-0.4, -0.2) is 19.1 Å². The van der Waals surface area contributed by atoms with Crippen LogP contribution in [0.3, 0.4) is 0 Å². The van der Waals surface area contributed by atoms with Gasteiger partial charge in [-0.25, -0.2) is 14.8 Å². The molecular formula is C12H15ClN4O. The Morgan fingerprint density at radius 2 is 2.06 bits per heavy atom. The highest BCUT2D eigenvalue weighted by atomic mass is 35.5. The van der Waals surface area contributed by atoms with Crippen LogP contribution in [0.4, 0.5) is 0 Å². The van der Waals surface area contributed by atoms with E-state index in [1.54, 1.807) is 27.6 Å². The van der Waals surface area contributed by atoms with Gasteiger partial charge >= 0.3 is 5.69 Å². The molecule has 0 saturated carbocycles. The van der Waals surface area contributed by atoms with Crippen molar-refractivity contribution in [1.29, 1.82) is 0 Å². The molecule has 2 aromatic heterocycles. The fourth-order valence-electron chi connectivity index (χ4n) is 1.75. The topological polar surface area (TPSA) is 52.7 Å². The van der Waals surface area contributed by atoms with Gasteiger partial charge in [0.15, 0.2) is 0 Å². The Labute approximate surface area is 110 Å². The molecule has 96 valence electrons. The van der Waals surface area contributed by atoms with Gasteiger partial charge in [-0.2, -0.15) is 0 Å². The molecule has 0 unspecified atom stereocenters. The zero-order valence-corrected chi connectivity index (χ0v) is 11.3. The van der Waals surface area contributed by atoms with Gasteiger partial charge in [-0.1, -0.05) is 11.6 Å². The number of aromatic nitrogens is 4. The van der Waals surface area contributed by atoms with Gasteiger partial charge < -0.3 is 0 Å². The van der Waals surface area contributed by atoms with Crippen molar-refractivity contribution in [3.05, 3.63) is 45.6 Å². The molecule has 0 fully saturated rings. The van der Waals surface area contributed by atoms with Crippen LogP contribution in [0, 0.1) is 6.92 Å². The van der Waals surface area contributed by atoms with Gasteiger partial charge in [-0.3, -0.25) is 9.13 Å². The minimum Gasteiger partial charge on any atom is -0.297 e. The minimum atomic E-state index is -0.0637. The van der Waals surface area contributed by atoms with Crippen molar-refractivity contribution in [3.8, 4) is 0 Å². The Balaban J connectivity index is 2.32. The van der Waals surface area contributed by atoms with E-state index in [1.807, 2.05) is 20.8 Å². The quantitative estimate of drug-likeness (QED) is 0.799. The van der Waals surface area contributed by atoms with Crippen LogP contribution in [0.2, 0.25) is 5.15 Å². The first kappa shape index (κ1) is 12.8. The van der Waals surface area contributed by atoms with Crippen molar-refractivity contribution in [2.75, 3.05) is 0 Å². The molecule has 6 heteroatoms. The summed E-state index contributed by atoms with van der Waals surface area (Å²) in [5.74, 6) is 0.545. The summed E-state index contributed by atoms with van der Waals surface area (Å²) in [4.78, 5) is 20.4. The third-order valence-corrected chi connectivity index (χ3v) is 2.80. The van der Waals surface area contributed by atoms with Crippen molar-refractivity contribution >= 4 is 11.6 Å². The average Bonchev–Trinajstić information content (AvgIpc) is 2.59. The molecule has 0 N–H and O–H groups in total. The van der Waals surface area contributed by atoms with E-state index in [2.05, 4.69) is 9.97 Å². The third kappa shape index (κ3) is 2.61. The maximum atomic E-state index is 12.0. The molecular weight excluding hydrogens is 252 g/mol. The number of rotatable bonds is 3. The van der Waals surface area contributed by atoms with Gasteiger partial charge in [0.1, 0.15) is 11.0 Å². The molecule has 0 aliphatic heterocycles. The number of hydrogen-bond acceptors (Lipinski definition) is 3. The molecule has 0 aliphatic carbocycles. The predicted octanol–water partition coefficient (Wildman–Crippen LogP) is 2.03. The van der Waals surface area contributed by atoms with E-state index in [0.29, 0.717) is 17.5 Å². The average molecular weight is 267 g/mol. The number of halogens is 1. The summed E-state index contributed by atoms with van der Waals surface area (Å²) in [6, 6.07) is 1.83. The molecule has 2 rings (SSSR count). The lowest BCUT2D eigenvalue weighted by atomic mass is 10.4. The lowest BCUT2D eigenvalue weighted by Crippen LogP contribution is -2.26. The maximum Gasteiger partial charge on any atom is 0.328 e. The van der Waals surface area contributed by atoms with Gasteiger partial charge in [0.25, 0.3) is 0 Å². The van der Waals surface area contributed by atoms with Gasteiger partial charge in [-0.05, 0) is 26.8 Å². The molecule has 0 radical (unpaired) electrons. The first-order valence-electron chi connectivity index (χ1n) is 5.74. The maximum absolute atomic E-state index is 12.0. The van der Waals surface area contributed by atoms with Gasteiger partial charge in [0.05, 0.1) is 6.54 Å². The lowest BCUT2D eigenvalue weighted by Gasteiger charge is -2.05. The molecule has 0 aliphatic rings. The van der Waals surface area contributed by atoms with E-state index in [0.717, 1.165) is 5.69 Å². The van der Waals surface area contributed by atoms with Crippen LogP contribution in [0.5, 0.6) is 0 Å². The Morgan fingerprint density at radius 1 is 1.33 bits per heavy atom. The fourth-order valence-corrected chi connectivity index (χ4v) is 2.01. The molecule has 0 atom stereocenters. The van der Waals surface area contributed by atoms with Gasteiger partial charge in [0.2, 0.25) is 0 Å². The molecule has 2 aromatic rings. The number of aryl methyl sites for hydroxylation is 1. The van der Waals surface area contributed by atoms with E-state index in [9.17, 15) is 4.79 Å². The molecule has 0 amide bonds. The number of hydrogen-bond donors (Lipinski definition) is 0. The molecule has 5 nitrogen and oxygen atoms in total. The normalized spacial score (nSPS) is 11.2. The first-order chi connectivity index (χ1) is 8.47. The highest BCUT2D eigenvalue weighted by Gasteiger charge is 2.08. The van der Waals surface area contributed by atoms with E-state index >= 15 is 0 Å². The highest BCUT2D eigenvalue weighted by molar-refractivity contribution is 6.29. The zero-order valence-electron chi connectivity index (χ0n) is 10.6. The molecule has 0 spiro atoms. The van der Waals surface area contributed by atoms with E-state index < -0.39 is 0 Å². The summed E-state index contributed by atoms with van der Waals surface area (Å²) in [5, 5.41) is 0.397. The summed E-state index contributed by atoms with van der Waals surface area (Å²) in [5.41, 5.74) is 0.729. The summed E-state index contributed by atoms with van der Waals surface area (Å²) < 4.78 is 3.24. The highest BCUT2D eigenvalue weighted by Crippen LogP contribution is 2.07. The van der Waals surface area contributed by atoms with Crippen molar-refractivity contribution < 1.29 is 0 Å². The molecule has 0 bridgehead atoms. The SMILES string of the molecule is Cc1cc(Cl)nc(Cn2ccn(C(C)C)c2=O)n1. The van der Waals surface area contributed by atoms with Crippen LogP contribution >= 0.6 is 11.6 Å². The van der Waals surface area contributed by atoms with Crippen molar-refractivity contribution in [1.82, 2.24) is 19.1 Å². The van der Waals surface area contributed by atoms with E-state index in [4.69, 9.17) is 11.6 Å². The summed E-state index contributed by atoms with van der Waals surface area (Å²) >= 11 is 5.87. The zero-order chi connectivity index (χ0) is 13.3. The Morgan fingerprint density at radius 3 is 2.61 bits per heavy atom.